The summed E-state index contributed by atoms with van der Waals surface area (Å²) in [5.41, 5.74) is 2.20. The molecule has 2 aromatic rings. The lowest BCUT2D eigenvalue weighted by Crippen LogP contribution is -2.24. The Labute approximate surface area is 121 Å². The van der Waals surface area contributed by atoms with Crippen LogP contribution in [0.2, 0.25) is 0 Å². The van der Waals surface area contributed by atoms with Crippen LogP contribution in [0.15, 0.2) is 45.7 Å². The molecule has 0 fully saturated rings. The van der Waals surface area contributed by atoms with Crippen molar-refractivity contribution in [2.75, 3.05) is 6.54 Å². The van der Waals surface area contributed by atoms with Crippen LogP contribution in [0.5, 0.6) is 0 Å². The molecule has 1 atom stereocenters. The molecule has 19 heavy (non-hydrogen) atoms. The Balaban J connectivity index is 2.14. The molecule has 4 heteroatoms. The van der Waals surface area contributed by atoms with Gasteiger partial charge in [0.05, 0.1) is 6.26 Å². The molecular weight excluding hydrogens is 309 g/mol. The standard InChI is InChI=1S/C15H17BrFNO/c1-2-8-18-14(13-7-9-19-15(13)16)10-11-3-5-12(17)6-4-11/h3-7,9,14,18H,2,8,10H2,1H3. The Hall–Kier alpha value is -1.13. The largest absolute Gasteiger partial charge is 0.457 e. The van der Waals surface area contributed by atoms with Crippen LogP contribution >= 0.6 is 15.9 Å². The maximum Gasteiger partial charge on any atom is 0.173 e. The van der Waals surface area contributed by atoms with E-state index in [1.807, 2.05) is 18.2 Å². The highest BCUT2D eigenvalue weighted by atomic mass is 79.9. The van der Waals surface area contributed by atoms with E-state index in [0.29, 0.717) is 0 Å². The van der Waals surface area contributed by atoms with E-state index >= 15 is 0 Å². The molecule has 1 aromatic heterocycles. The van der Waals surface area contributed by atoms with Crippen LogP contribution in [0.4, 0.5) is 4.39 Å². The minimum absolute atomic E-state index is 0.165. The van der Waals surface area contributed by atoms with Gasteiger partial charge in [0, 0.05) is 11.6 Å². The van der Waals surface area contributed by atoms with Gasteiger partial charge in [0.15, 0.2) is 4.67 Å². The summed E-state index contributed by atoms with van der Waals surface area (Å²) >= 11 is 3.42. The number of hydrogen-bond acceptors (Lipinski definition) is 2. The van der Waals surface area contributed by atoms with Gasteiger partial charge in [0.2, 0.25) is 0 Å². The molecule has 1 aromatic carbocycles. The normalized spacial score (nSPS) is 12.6. The third-order valence-electron chi connectivity index (χ3n) is 3.02. The average molecular weight is 326 g/mol. The highest BCUT2D eigenvalue weighted by molar-refractivity contribution is 9.10. The lowest BCUT2D eigenvalue weighted by atomic mass is 10.0. The monoisotopic (exact) mass is 325 g/mol. The number of rotatable bonds is 6. The summed E-state index contributed by atoms with van der Waals surface area (Å²) < 4.78 is 19.0. The highest BCUT2D eigenvalue weighted by Gasteiger charge is 2.16. The summed E-state index contributed by atoms with van der Waals surface area (Å²) in [7, 11) is 0. The maximum atomic E-state index is 12.9. The minimum Gasteiger partial charge on any atom is -0.457 e. The summed E-state index contributed by atoms with van der Waals surface area (Å²) in [5.74, 6) is -0.202. The van der Waals surface area contributed by atoms with E-state index in [4.69, 9.17) is 4.42 Å². The van der Waals surface area contributed by atoms with Crippen LogP contribution < -0.4 is 5.32 Å². The number of halogens is 2. The molecule has 2 rings (SSSR count). The number of hydrogen-bond donors (Lipinski definition) is 1. The second-order valence-electron chi connectivity index (χ2n) is 4.49. The van der Waals surface area contributed by atoms with Gasteiger partial charge in [-0.1, -0.05) is 19.1 Å². The van der Waals surface area contributed by atoms with Crippen molar-refractivity contribution in [1.29, 1.82) is 0 Å². The fourth-order valence-corrected chi connectivity index (χ4v) is 2.54. The first-order valence-corrected chi connectivity index (χ1v) is 7.20. The zero-order valence-electron chi connectivity index (χ0n) is 10.8. The summed E-state index contributed by atoms with van der Waals surface area (Å²) in [6, 6.07) is 8.76. The average Bonchev–Trinajstić information content (AvgIpc) is 2.83. The van der Waals surface area contributed by atoms with E-state index in [-0.39, 0.29) is 11.9 Å². The Kier molecular flexibility index (Phi) is 5.16. The van der Waals surface area contributed by atoms with Gasteiger partial charge in [-0.25, -0.2) is 4.39 Å². The van der Waals surface area contributed by atoms with E-state index in [1.165, 1.54) is 12.1 Å². The predicted molar refractivity (Wildman–Crippen MR) is 77.5 cm³/mol. The molecule has 0 spiro atoms. The molecule has 0 amide bonds. The molecule has 0 saturated heterocycles. The first-order chi connectivity index (χ1) is 9.20. The van der Waals surface area contributed by atoms with Gasteiger partial charge in [-0.3, -0.25) is 0 Å². The fourth-order valence-electron chi connectivity index (χ4n) is 2.02. The van der Waals surface area contributed by atoms with Crippen LogP contribution in [0.25, 0.3) is 0 Å². The van der Waals surface area contributed by atoms with E-state index in [0.717, 1.165) is 35.2 Å². The van der Waals surface area contributed by atoms with Crippen molar-refractivity contribution in [2.24, 2.45) is 0 Å². The molecule has 0 aliphatic heterocycles. The molecule has 0 aliphatic carbocycles. The van der Waals surface area contributed by atoms with Gasteiger partial charge in [0.1, 0.15) is 5.82 Å². The molecule has 1 N–H and O–H groups in total. The van der Waals surface area contributed by atoms with E-state index in [1.54, 1.807) is 6.26 Å². The molecule has 0 saturated carbocycles. The number of nitrogens with one attached hydrogen (secondary N) is 1. The van der Waals surface area contributed by atoms with Gasteiger partial charge in [0.25, 0.3) is 0 Å². The van der Waals surface area contributed by atoms with Crippen LogP contribution in [-0.2, 0) is 6.42 Å². The van der Waals surface area contributed by atoms with Gasteiger partial charge in [-0.15, -0.1) is 0 Å². The van der Waals surface area contributed by atoms with Crippen LogP contribution in [0, 0.1) is 5.82 Å². The zero-order valence-corrected chi connectivity index (χ0v) is 12.4. The SMILES string of the molecule is CCCNC(Cc1ccc(F)cc1)c1ccoc1Br. The van der Waals surface area contributed by atoms with Crippen molar-refractivity contribution < 1.29 is 8.81 Å². The summed E-state index contributed by atoms with van der Waals surface area (Å²) in [6.07, 6.45) is 3.54. The van der Waals surface area contributed by atoms with Gasteiger partial charge in [-0.2, -0.15) is 0 Å². The Bertz CT molecular complexity index is 509. The molecule has 2 nitrogen and oxygen atoms in total. The lowest BCUT2D eigenvalue weighted by molar-refractivity contribution is 0.497. The minimum atomic E-state index is -0.202. The van der Waals surface area contributed by atoms with Crippen molar-refractivity contribution >= 4 is 15.9 Å². The maximum absolute atomic E-state index is 12.9. The van der Waals surface area contributed by atoms with Crippen LogP contribution in [-0.4, -0.2) is 6.54 Å². The third-order valence-corrected chi connectivity index (χ3v) is 3.66. The molecule has 0 radical (unpaired) electrons. The Morgan fingerprint density at radius 3 is 2.58 bits per heavy atom. The smallest absolute Gasteiger partial charge is 0.173 e. The zero-order chi connectivity index (χ0) is 13.7. The molecule has 1 unspecified atom stereocenters. The topological polar surface area (TPSA) is 25.2 Å². The molecule has 102 valence electrons. The molecule has 0 aliphatic rings. The lowest BCUT2D eigenvalue weighted by Gasteiger charge is -2.18. The van der Waals surface area contributed by atoms with E-state index in [9.17, 15) is 4.39 Å². The van der Waals surface area contributed by atoms with Crippen molar-refractivity contribution in [3.63, 3.8) is 0 Å². The summed E-state index contributed by atoms with van der Waals surface area (Å²) in [4.78, 5) is 0. The van der Waals surface area contributed by atoms with Crippen molar-refractivity contribution in [3.05, 3.63) is 58.2 Å². The first-order valence-electron chi connectivity index (χ1n) is 6.41. The third kappa shape index (κ3) is 3.91. The molecule has 1 heterocycles. The van der Waals surface area contributed by atoms with Gasteiger partial charge < -0.3 is 9.73 Å². The summed E-state index contributed by atoms with van der Waals surface area (Å²) in [5, 5.41) is 3.49. The highest BCUT2D eigenvalue weighted by Crippen LogP contribution is 2.27. The first kappa shape index (κ1) is 14.3. The Morgan fingerprint density at radius 1 is 1.26 bits per heavy atom. The second kappa shape index (κ2) is 6.87. The van der Waals surface area contributed by atoms with Crippen molar-refractivity contribution in [2.45, 2.75) is 25.8 Å². The fraction of sp³-hybridized carbons (Fsp3) is 0.333. The Morgan fingerprint density at radius 2 is 2.00 bits per heavy atom. The van der Waals surface area contributed by atoms with Gasteiger partial charge >= 0.3 is 0 Å². The predicted octanol–water partition coefficient (Wildman–Crippen LogP) is 4.46. The van der Waals surface area contributed by atoms with E-state index in [2.05, 4.69) is 28.2 Å². The quantitative estimate of drug-likeness (QED) is 0.847. The van der Waals surface area contributed by atoms with Crippen molar-refractivity contribution in [3.8, 4) is 0 Å². The molecular formula is C15H17BrFNO. The van der Waals surface area contributed by atoms with Crippen molar-refractivity contribution in [1.82, 2.24) is 5.32 Å². The summed E-state index contributed by atoms with van der Waals surface area (Å²) in [6.45, 7) is 3.07. The van der Waals surface area contributed by atoms with Crippen LogP contribution in [0.1, 0.15) is 30.5 Å². The number of benzene rings is 1. The second-order valence-corrected chi connectivity index (χ2v) is 5.21. The van der Waals surface area contributed by atoms with E-state index < -0.39 is 0 Å². The molecule has 0 bridgehead atoms. The van der Waals surface area contributed by atoms with Gasteiger partial charge in [-0.05, 0) is 59.1 Å². The number of furan rings is 1. The van der Waals surface area contributed by atoms with Crippen LogP contribution in [0.3, 0.4) is 0 Å².